The molecule has 1 amide bonds. The van der Waals surface area contributed by atoms with Crippen LogP contribution in [0.25, 0.3) is 0 Å². The molecule has 17 heavy (non-hydrogen) atoms. The fourth-order valence-electron chi connectivity index (χ4n) is 1.51. The quantitative estimate of drug-likeness (QED) is 0.704. The number of H-pyrrole nitrogens is 1. The van der Waals surface area contributed by atoms with E-state index in [9.17, 15) is 9.59 Å². The van der Waals surface area contributed by atoms with Crippen molar-refractivity contribution in [2.45, 2.75) is 32.2 Å². The summed E-state index contributed by atoms with van der Waals surface area (Å²) in [5.74, 6) is -0.297. The second-order valence-corrected chi connectivity index (χ2v) is 4.28. The number of carbonyl (C=O) groups excluding carboxylic acids is 1. The lowest BCUT2D eigenvalue weighted by Gasteiger charge is -2.28. The smallest absolute Gasteiger partial charge is 0.251 e. The van der Waals surface area contributed by atoms with Crippen LogP contribution in [0, 0.1) is 0 Å². The second kappa shape index (κ2) is 5.63. The van der Waals surface area contributed by atoms with Crippen molar-refractivity contribution in [3.63, 3.8) is 0 Å². The number of hydrogen-bond donors (Lipinski definition) is 3. The third-order valence-corrected chi connectivity index (χ3v) is 2.90. The molecule has 1 rings (SSSR count). The van der Waals surface area contributed by atoms with Crippen LogP contribution in [0.1, 0.15) is 37.0 Å². The molecule has 0 aliphatic carbocycles. The Hall–Kier alpha value is -1.62. The molecule has 1 heterocycles. The van der Waals surface area contributed by atoms with Crippen LogP contribution in [0.4, 0.5) is 0 Å². The van der Waals surface area contributed by atoms with Crippen LogP contribution in [0.15, 0.2) is 23.1 Å². The van der Waals surface area contributed by atoms with Crippen molar-refractivity contribution in [1.82, 2.24) is 10.3 Å². The Morgan fingerprint density at radius 1 is 1.59 bits per heavy atom. The minimum atomic E-state index is -0.450. The molecule has 1 aromatic rings. The molecule has 5 heteroatoms. The van der Waals surface area contributed by atoms with Gasteiger partial charge in [0.25, 0.3) is 5.91 Å². The molecule has 1 atom stereocenters. The van der Waals surface area contributed by atoms with Gasteiger partial charge < -0.3 is 15.4 Å². The molecule has 1 aromatic heterocycles. The summed E-state index contributed by atoms with van der Waals surface area (Å²) in [5, 5.41) is 11.8. The van der Waals surface area contributed by atoms with Gasteiger partial charge in [-0.25, -0.2) is 0 Å². The predicted octanol–water partition coefficient (Wildman–Crippen LogP) is 0.656. The fraction of sp³-hybridized carbons (Fsp3) is 0.500. The molecule has 0 saturated carbocycles. The van der Waals surface area contributed by atoms with Gasteiger partial charge in [0.2, 0.25) is 5.56 Å². The van der Waals surface area contributed by atoms with Gasteiger partial charge in [0.1, 0.15) is 0 Å². The van der Waals surface area contributed by atoms with E-state index >= 15 is 0 Å². The Bertz CT molecular complexity index is 441. The van der Waals surface area contributed by atoms with Gasteiger partial charge in [-0.05, 0) is 25.8 Å². The van der Waals surface area contributed by atoms with Crippen molar-refractivity contribution in [2.24, 2.45) is 0 Å². The molecule has 94 valence electrons. The van der Waals surface area contributed by atoms with Crippen LogP contribution in [0.5, 0.6) is 0 Å². The third kappa shape index (κ3) is 3.71. The number of carbonyl (C=O) groups is 1. The molecule has 0 aliphatic heterocycles. The first-order chi connectivity index (χ1) is 8.00. The number of aromatic amines is 1. The molecule has 1 unspecified atom stereocenters. The highest BCUT2D eigenvalue weighted by Gasteiger charge is 2.24. The van der Waals surface area contributed by atoms with Crippen LogP contribution >= 0.6 is 0 Å². The Morgan fingerprint density at radius 2 is 2.29 bits per heavy atom. The van der Waals surface area contributed by atoms with E-state index in [0.29, 0.717) is 18.4 Å². The Kier molecular flexibility index (Phi) is 4.45. The van der Waals surface area contributed by atoms with Gasteiger partial charge in [0.05, 0.1) is 0 Å². The van der Waals surface area contributed by atoms with Gasteiger partial charge in [0, 0.05) is 30.0 Å². The minimum Gasteiger partial charge on any atom is -0.396 e. The van der Waals surface area contributed by atoms with Crippen molar-refractivity contribution < 1.29 is 9.90 Å². The van der Waals surface area contributed by atoms with Gasteiger partial charge in [-0.1, -0.05) is 6.92 Å². The average Bonchev–Trinajstić information content (AvgIpc) is 2.29. The zero-order valence-electron chi connectivity index (χ0n) is 10.1. The van der Waals surface area contributed by atoms with Gasteiger partial charge in [-0.15, -0.1) is 0 Å². The number of hydrogen-bond acceptors (Lipinski definition) is 3. The molecule has 0 saturated heterocycles. The molecule has 0 aromatic carbocycles. The molecular formula is C12H18N2O3. The molecule has 0 radical (unpaired) electrons. The van der Waals surface area contributed by atoms with Crippen molar-refractivity contribution >= 4 is 5.91 Å². The Labute approximate surface area is 99.9 Å². The average molecular weight is 238 g/mol. The number of aliphatic hydroxyl groups excluding tert-OH is 1. The Morgan fingerprint density at radius 3 is 2.82 bits per heavy atom. The standard InChI is InChI=1S/C12H18N2O3/c1-3-12(2,5-7-15)14-11(17)9-4-6-13-10(16)8-9/h4,6,8,15H,3,5,7H2,1-2H3,(H,13,16)(H,14,17). The van der Waals surface area contributed by atoms with Gasteiger partial charge in [-0.3, -0.25) is 9.59 Å². The van der Waals surface area contributed by atoms with Crippen LogP contribution in [-0.2, 0) is 0 Å². The summed E-state index contributed by atoms with van der Waals surface area (Å²) >= 11 is 0. The summed E-state index contributed by atoms with van der Waals surface area (Å²) in [6, 6.07) is 2.80. The van der Waals surface area contributed by atoms with Crippen molar-refractivity contribution in [3.05, 3.63) is 34.2 Å². The SMILES string of the molecule is CCC(C)(CCO)NC(=O)c1cc[nH]c(=O)c1. The van der Waals surface area contributed by atoms with Crippen molar-refractivity contribution in [1.29, 1.82) is 0 Å². The molecule has 5 nitrogen and oxygen atoms in total. The molecule has 0 aliphatic rings. The highest BCUT2D eigenvalue weighted by molar-refractivity contribution is 5.94. The summed E-state index contributed by atoms with van der Waals surface area (Å²) in [6.45, 7) is 3.82. The van der Waals surface area contributed by atoms with Gasteiger partial charge >= 0.3 is 0 Å². The lowest BCUT2D eigenvalue weighted by Crippen LogP contribution is -2.46. The topological polar surface area (TPSA) is 82.2 Å². The van der Waals surface area contributed by atoms with E-state index in [2.05, 4.69) is 10.3 Å². The number of aromatic nitrogens is 1. The Balaban J connectivity index is 2.81. The highest BCUT2D eigenvalue weighted by atomic mass is 16.3. The maximum absolute atomic E-state index is 11.9. The van der Waals surface area contributed by atoms with Crippen molar-refractivity contribution in [3.8, 4) is 0 Å². The number of nitrogens with one attached hydrogen (secondary N) is 2. The third-order valence-electron chi connectivity index (χ3n) is 2.90. The first-order valence-corrected chi connectivity index (χ1v) is 5.63. The predicted molar refractivity (Wildman–Crippen MR) is 64.9 cm³/mol. The lowest BCUT2D eigenvalue weighted by molar-refractivity contribution is 0.0886. The molecular weight excluding hydrogens is 220 g/mol. The monoisotopic (exact) mass is 238 g/mol. The van der Waals surface area contributed by atoms with Crippen LogP contribution in [0.2, 0.25) is 0 Å². The molecule has 3 N–H and O–H groups in total. The van der Waals surface area contributed by atoms with E-state index < -0.39 is 5.54 Å². The zero-order valence-corrected chi connectivity index (χ0v) is 10.1. The van der Waals surface area contributed by atoms with Crippen molar-refractivity contribution in [2.75, 3.05) is 6.61 Å². The zero-order chi connectivity index (χ0) is 12.9. The number of rotatable bonds is 5. The van der Waals surface area contributed by atoms with Gasteiger partial charge in [0.15, 0.2) is 0 Å². The minimum absolute atomic E-state index is 0.0139. The maximum Gasteiger partial charge on any atom is 0.251 e. The lowest BCUT2D eigenvalue weighted by atomic mass is 9.94. The maximum atomic E-state index is 11.9. The summed E-state index contributed by atoms with van der Waals surface area (Å²) in [6.07, 6.45) is 2.63. The summed E-state index contributed by atoms with van der Waals surface area (Å²) < 4.78 is 0. The number of pyridine rings is 1. The van der Waals surface area contributed by atoms with Crippen LogP contribution in [-0.4, -0.2) is 28.1 Å². The molecule has 0 spiro atoms. The van der Waals surface area contributed by atoms with E-state index in [1.54, 1.807) is 6.07 Å². The number of amides is 1. The first-order valence-electron chi connectivity index (χ1n) is 5.63. The summed E-state index contributed by atoms with van der Waals surface area (Å²) in [7, 11) is 0. The van der Waals surface area contributed by atoms with E-state index in [4.69, 9.17) is 5.11 Å². The van der Waals surface area contributed by atoms with E-state index in [0.717, 1.165) is 0 Å². The van der Waals surface area contributed by atoms with E-state index in [1.807, 2.05) is 13.8 Å². The van der Waals surface area contributed by atoms with Crippen LogP contribution in [0.3, 0.4) is 0 Å². The summed E-state index contributed by atoms with van der Waals surface area (Å²) in [4.78, 5) is 25.4. The second-order valence-electron chi connectivity index (χ2n) is 4.28. The largest absolute Gasteiger partial charge is 0.396 e. The normalized spacial score (nSPS) is 14.1. The van der Waals surface area contributed by atoms with E-state index in [-0.39, 0.29) is 18.1 Å². The van der Waals surface area contributed by atoms with Gasteiger partial charge in [-0.2, -0.15) is 0 Å². The molecule has 0 bridgehead atoms. The van der Waals surface area contributed by atoms with Crippen LogP contribution < -0.4 is 10.9 Å². The molecule has 0 fully saturated rings. The van der Waals surface area contributed by atoms with E-state index in [1.165, 1.54) is 12.3 Å². The highest BCUT2D eigenvalue weighted by Crippen LogP contribution is 2.14. The number of aliphatic hydroxyl groups is 1. The summed E-state index contributed by atoms with van der Waals surface area (Å²) in [5.41, 5.74) is -0.432. The first kappa shape index (κ1) is 13.4. The fourth-order valence-corrected chi connectivity index (χ4v) is 1.51.